The van der Waals surface area contributed by atoms with Gasteiger partial charge in [-0.25, -0.2) is 13.8 Å². The van der Waals surface area contributed by atoms with Gasteiger partial charge in [0.25, 0.3) is 0 Å². The SMILES string of the molecule is CCOC(=O)C1CCN(C(=O)CN(C)C(=O)CCc2ncc(-c3ccc(F)cc3F)o2)CC1. The molecule has 33 heavy (non-hydrogen) atoms. The maximum atomic E-state index is 13.9. The largest absolute Gasteiger partial charge is 0.466 e. The summed E-state index contributed by atoms with van der Waals surface area (Å²) >= 11 is 0. The van der Waals surface area contributed by atoms with Gasteiger partial charge >= 0.3 is 5.97 Å². The van der Waals surface area contributed by atoms with Crippen molar-refractivity contribution in [3.05, 3.63) is 41.9 Å². The van der Waals surface area contributed by atoms with Crippen LogP contribution in [0.3, 0.4) is 0 Å². The Hall–Kier alpha value is -3.30. The molecular formula is C23H27F2N3O5. The molecule has 0 bridgehead atoms. The fraction of sp³-hybridized carbons (Fsp3) is 0.478. The smallest absolute Gasteiger partial charge is 0.309 e. The number of amides is 2. The number of benzene rings is 1. The van der Waals surface area contributed by atoms with Crippen molar-refractivity contribution in [1.29, 1.82) is 0 Å². The minimum absolute atomic E-state index is 0.0561. The van der Waals surface area contributed by atoms with Crippen molar-refractivity contribution in [2.75, 3.05) is 33.3 Å². The van der Waals surface area contributed by atoms with Crippen LogP contribution in [0.1, 0.15) is 32.1 Å². The van der Waals surface area contributed by atoms with E-state index in [2.05, 4.69) is 4.98 Å². The summed E-state index contributed by atoms with van der Waals surface area (Å²) in [4.78, 5) is 43.8. The lowest BCUT2D eigenvalue weighted by Gasteiger charge is -2.32. The molecule has 1 aliphatic heterocycles. The van der Waals surface area contributed by atoms with E-state index in [1.165, 1.54) is 17.2 Å². The van der Waals surface area contributed by atoms with E-state index in [0.29, 0.717) is 32.5 Å². The van der Waals surface area contributed by atoms with Crippen molar-refractivity contribution in [1.82, 2.24) is 14.8 Å². The Morgan fingerprint density at radius 2 is 1.97 bits per heavy atom. The molecule has 178 valence electrons. The van der Waals surface area contributed by atoms with E-state index >= 15 is 0 Å². The second-order valence-electron chi connectivity index (χ2n) is 7.90. The Kier molecular flexibility index (Phi) is 8.13. The number of nitrogens with zero attached hydrogens (tertiary/aromatic N) is 3. The number of hydrogen-bond donors (Lipinski definition) is 0. The molecule has 1 saturated heterocycles. The Morgan fingerprint density at radius 3 is 2.64 bits per heavy atom. The summed E-state index contributed by atoms with van der Waals surface area (Å²) in [7, 11) is 1.54. The molecule has 0 aliphatic carbocycles. The van der Waals surface area contributed by atoms with Crippen molar-refractivity contribution in [2.45, 2.75) is 32.6 Å². The highest BCUT2D eigenvalue weighted by Gasteiger charge is 2.29. The lowest BCUT2D eigenvalue weighted by molar-refractivity contribution is -0.151. The van der Waals surface area contributed by atoms with Gasteiger partial charge in [0.05, 0.1) is 30.8 Å². The molecule has 8 nitrogen and oxygen atoms in total. The van der Waals surface area contributed by atoms with Gasteiger partial charge in [-0.2, -0.15) is 0 Å². The molecule has 1 aliphatic rings. The first-order chi connectivity index (χ1) is 15.8. The van der Waals surface area contributed by atoms with Crippen molar-refractivity contribution in [3.63, 3.8) is 0 Å². The van der Waals surface area contributed by atoms with Gasteiger partial charge in [-0.3, -0.25) is 14.4 Å². The number of carbonyl (C=O) groups is 3. The minimum Gasteiger partial charge on any atom is -0.466 e. The second-order valence-corrected chi connectivity index (χ2v) is 7.90. The zero-order valence-electron chi connectivity index (χ0n) is 18.7. The quantitative estimate of drug-likeness (QED) is 0.559. The average Bonchev–Trinajstić information content (AvgIpc) is 3.26. The van der Waals surface area contributed by atoms with Crippen LogP contribution in [0.2, 0.25) is 0 Å². The van der Waals surface area contributed by atoms with Crippen LogP contribution in [0.4, 0.5) is 8.78 Å². The van der Waals surface area contributed by atoms with E-state index in [1.54, 1.807) is 18.9 Å². The first kappa shape index (κ1) is 24.3. The Morgan fingerprint density at radius 1 is 1.24 bits per heavy atom. The van der Waals surface area contributed by atoms with Crippen LogP contribution >= 0.6 is 0 Å². The molecule has 1 aromatic heterocycles. The third-order valence-electron chi connectivity index (χ3n) is 5.57. The predicted octanol–water partition coefficient (Wildman–Crippen LogP) is 2.81. The van der Waals surface area contributed by atoms with E-state index in [0.717, 1.165) is 12.1 Å². The van der Waals surface area contributed by atoms with E-state index in [4.69, 9.17) is 9.15 Å². The van der Waals surface area contributed by atoms with Crippen molar-refractivity contribution in [2.24, 2.45) is 5.92 Å². The maximum absolute atomic E-state index is 13.9. The number of esters is 1. The predicted molar refractivity (Wildman–Crippen MR) is 114 cm³/mol. The highest BCUT2D eigenvalue weighted by molar-refractivity contribution is 5.85. The first-order valence-corrected chi connectivity index (χ1v) is 10.9. The number of rotatable bonds is 8. The highest BCUT2D eigenvalue weighted by Crippen LogP contribution is 2.24. The molecule has 3 rings (SSSR count). The van der Waals surface area contributed by atoms with Gasteiger partial charge in [0.1, 0.15) is 11.6 Å². The Labute approximate surface area is 190 Å². The molecule has 0 atom stereocenters. The van der Waals surface area contributed by atoms with Gasteiger partial charge in [-0.15, -0.1) is 0 Å². The van der Waals surface area contributed by atoms with Crippen LogP contribution in [0.5, 0.6) is 0 Å². The number of likely N-dealkylation sites (tertiary alicyclic amines) is 1. The standard InChI is InChI=1S/C23H27F2N3O5/c1-3-32-23(31)15-8-10-28(11-9-15)22(30)14-27(2)21(29)7-6-20-26-13-19(33-20)17-5-4-16(24)12-18(17)25/h4-5,12-13,15H,3,6-11,14H2,1-2H3. The summed E-state index contributed by atoms with van der Waals surface area (Å²) in [6.45, 7) is 2.92. The van der Waals surface area contributed by atoms with E-state index in [9.17, 15) is 23.2 Å². The number of oxazole rings is 1. The number of hydrogen-bond acceptors (Lipinski definition) is 6. The van der Waals surface area contributed by atoms with Gasteiger partial charge in [-0.1, -0.05) is 0 Å². The van der Waals surface area contributed by atoms with Gasteiger partial charge in [0.15, 0.2) is 11.7 Å². The number of aryl methyl sites for hydroxylation is 1. The van der Waals surface area contributed by atoms with Crippen LogP contribution in [0.15, 0.2) is 28.8 Å². The van der Waals surface area contributed by atoms with Gasteiger partial charge < -0.3 is 19.0 Å². The first-order valence-electron chi connectivity index (χ1n) is 10.9. The summed E-state index contributed by atoms with van der Waals surface area (Å²) in [5, 5.41) is 0. The lowest BCUT2D eigenvalue weighted by Crippen LogP contribution is -2.45. The zero-order chi connectivity index (χ0) is 24.0. The summed E-state index contributed by atoms with van der Waals surface area (Å²) in [6.07, 6.45) is 2.64. The van der Waals surface area contributed by atoms with Crippen LogP contribution < -0.4 is 0 Å². The monoisotopic (exact) mass is 463 g/mol. The number of carbonyl (C=O) groups excluding carboxylic acids is 3. The Balaban J connectivity index is 1.45. The summed E-state index contributed by atoms with van der Waals surface area (Å²) in [5.41, 5.74) is 0.0796. The zero-order valence-corrected chi connectivity index (χ0v) is 18.7. The van der Waals surface area contributed by atoms with Crippen molar-refractivity contribution in [3.8, 4) is 11.3 Å². The third-order valence-corrected chi connectivity index (χ3v) is 5.57. The molecule has 2 heterocycles. The number of piperidine rings is 1. The molecule has 0 unspecified atom stereocenters. The fourth-order valence-corrected chi connectivity index (χ4v) is 3.66. The number of halogens is 2. The maximum Gasteiger partial charge on any atom is 0.309 e. The van der Waals surface area contributed by atoms with E-state index in [1.807, 2.05) is 0 Å². The second kappa shape index (κ2) is 11.0. The molecule has 0 spiro atoms. The molecule has 0 radical (unpaired) electrons. The number of aromatic nitrogens is 1. The number of likely N-dealkylation sites (N-methyl/N-ethyl adjacent to an activating group) is 1. The van der Waals surface area contributed by atoms with Gasteiger partial charge in [-0.05, 0) is 31.9 Å². The van der Waals surface area contributed by atoms with Crippen molar-refractivity contribution < 1.29 is 32.3 Å². The van der Waals surface area contributed by atoms with E-state index in [-0.39, 0.29) is 60.3 Å². The average molecular weight is 463 g/mol. The molecule has 0 saturated carbocycles. The fourth-order valence-electron chi connectivity index (χ4n) is 3.66. The molecule has 2 amide bonds. The molecule has 0 N–H and O–H groups in total. The van der Waals surface area contributed by atoms with Crippen LogP contribution in [0.25, 0.3) is 11.3 Å². The molecule has 10 heteroatoms. The normalized spacial score (nSPS) is 14.2. The van der Waals surface area contributed by atoms with Crippen LogP contribution in [-0.2, 0) is 25.5 Å². The summed E-state index contributed by atoms with van der Waals surface area (Å²) in [5.74, 6) is -1.94. The third kappa shape index (κ3) is 6.36. The highest BCUT2D eigenvalue weighted by atomic mass is 19.1. The molecule has 1 fully saturated rings. The Bertz CT molecular complexity index is 1000. The summed E-state index contributed by atoms with van der Waals surface area (Å²) < 4.78 is 37.5. The van der Waals surface area contributed by atoms with Crippen LogP contribution in [0, 0.1) is 17.6 Å². The minimum atomic E-state index is -0.765. The van der Waals surface area contributed by atoms with Gasteiger partial charge in [0, 0.05) is 39.0 Å². The van der Waals surface area contributed by atoms with Gasteiger partial charge in [0.2, 0.25) is 11.8 Å². The number of ether oxygens (including phenoxy) is 1. The van der Waals surface area contributed by atoms with E-state index < -0.39 is 11.6 Å². The molecule has 2 aromatic rings. The molecular weight excluding hydrogens is 436 g/mol. The van der Waals surface area contributed by atoms with Crippen LogP contribution in [-0.4, -0.2) is 65.9 Å². The summed E-state index contributed by atoms with van der Waals surface area (Å²) in [6, 6.07) is 3.14. The lowest BCUT2D eigenvalue weighted by atomic mass is 9.97. The molecule has 1 aromatic carbocycles. The topological polar surface area (TPSA) is 93.0 Å². The van der Waals surface area contributed by atoms with Crippen molar-refractivity contribution >= 4 is 17.8 Å².